The molecule has 2 fully saturated rings. The Hall–Kier alpha value is -1.73. The second-order valence-corrected chi connectivity index (χ2v) is 7.91. The highest BCUT2D eigenvalue weighted by Crippen LogP contribution is 2.27. The first-order valence-electron chi connectivity index (χ1n) is 9.13. The molecule has 0 saturated carbocycles. The summed E-state index contributed by atoms with van der Waals surface area (Å²) in [7, 11) is 0. The van der Waals surface area contributed by atoms with E-state index in [9.17, 15) is 9.59 Å². The van der Waals surface area contributed by atoms with Crippen LogP contribution in [0.3, 0.4) is 0 Å². The second-order valence-electron chi connectivity index (χ2n) is 6.92. The maximum atomic E-state index is 12.9. The Kier molecular flexibility index (Phi) is 6.80. The van der Waals surface area contributed by atoms with E-state index in [1.165, 1.54) is 0 Å². The number of carbonyl (C=O) groups excluding carboxylic acids is 2. The van der Waals surface area contributed by atoms with E-state index in [1.807, 2.05) is 29.4 Å². The number of hydrogen-bond acceptors (Lipinski definition) is 5. The minimum Gasteiger partial charge on any atom is -0.484 e. The molecule has 26 heavy (non-hydrogen) atoms. The predicted molar refractivity (Wildman–Crippen MR) is 103 cm³/mol. The van der Waals surface area contributed by atoms with Gasteiger partial charge in [-0.3, -0.25) is 9.59 Å². The highest BCUT2D eigenvalue weighted by atomic mass is 32.2. The van der Waals surface area contributed by atoms with Crippen molar-refractivity contribution >= 4 is 23.6 Å². The monoisotopic (exact) mass is 377 g/mol. The lowest BCUT2D eigenvalue weighted by Gasteiger charge is -2.25. The lowest BCUT2D eigenvalue weighted by Crippen LogP contribution is -2.49. The molecule has 6 nitrogen and oxygen atoms in total. The first-order chi connectivity index (χ1) is 12.7. The number of carbonyl (C=O) groups is 2. The molecular weight excluding hydrogens is 350 g/mol. The van der Waals surface area contributed by atoms with Crippen LogP contribution in [0.1, 0.15) is 6.42 Å². The molecule has 3 atom stereocenters. The van der Waals surface area contributed by atoms with E-state index in [-0.39, 0.29) is 18.4 Å². The molecule has 0 aliphatic carbocycles. The molecule has 2 heterocycles. The number of benzene rings is 1. The fraction of sp³-hybridized carbons (Fsp3) is 0.579. The fourth-order valence-corrected chi connectivity index (χ4v) is 4.12. The number of nitrogens with zero attached hydrogens (tertiary/aromatic N) is 1. The zero-order valence-electron chi connectivity index (χ0n) is 15.1. The smallest absolute Gasteiger partial charge is 0.258 e. The van der Waals surface area contributed by atoms with Crippen molar-refractivity contribution in [2.24, 2.45) is 11.8 Å². The Bertz CT molecular complexity index is 601. The summed E-state index contributed by atoms with van der Waals surface area (Å²) >= 11 is 1.68. The SMILES string of the molecule is CSCCC(NC(=O)COc1ccccc1)C(=O)N1C[C@H]2CNC[C@H]2C1. The molecule has 3 rings (SSSR count). The Morgan fingerprint density at radius 1 is 1.27 bits per heavy atom. The minimum absolute atomic E-state index is 0.0431. The third kappa shape index (κ3) is 4.92. The van der Waals surface area contributed by atoms with E-state index >= 15 is 0 Å². The number of nitrogens with one attached hydrogen (secondary N) is 2. The van der Waals surface area contributed by atoms with Gasteiger partial charge in [0.1, 0.15) is 11.8 Å². The van der Waals surface area contributed by atoms with Crippen molar-refractivity contribution in [3.63, 3.8) is 0 Å². The molecule has 1 aromatic carbocycles. The molecule has 1 aromatic rings. The Labute approximate surface area is 159 Å². The zero-order chi connectivity index (χ0) is 18.4. The first-order valence-corrected chi connectivity index (χ1v) is 10.5. The van der Waals surface area contributed by atoms with Gasteiger partial charge < -0.3 is 20.3 Å². The van der Waals surface area contributed by atoms with Crippen molar-refractivity contribution in [3.05, 3.63) is 30.3 Å². The van der Waals surface area contributed by atoms with Crippen LogP contribution < -0.4 is 15.4 Å². The van der Waals surface area contributed by atoms with Gasteiger partial charge in [-0.2, -0.15) is 11.8 Å². The normalized spacial score (nSPS) is 22.7. The maximum absolute atomic E-state index is 12.9. The molecule has 0 bridgehead atoms. The van der Waals surface area contributed by atoms with Gasteiger partial charge in [0.2, 0.25) is 5.91 Å². The van der Waals surface area contributed by atoms with Gasteiger partial charge in [-0.25, -0.2) is 0 Å². The number of para-hydroxylation sites is 1. The molecular formula is C19H27N3O3S. The minimum atomic E-state index is -0.471. The number of likely N-dealkylation sites (tertiary alicyclic amines) is 1. The van der Waals surface area contributed by atoms with Gasteiger partial charge in [-0.15, -0.1) is 0 Å². The maximum Gasteiger partial charge on any atom is 0.258 e. The van der Waals surface area contributed by atoms with Crippen LogP contribution >= 0.6 is 11.8 Å². The van der Waals surface area contributed by atoms with Crippen LogP contribution in [-0.2, 0) is 9.59 Å². The Morgan fingerprint density at radius 2 is 1.96 bits per heavy atom. The van der Waals surface area contributed by atoms with Crippen molar-refractivity contribution in [1.29, 1.82) is 0 Å². The largest absolute Gasteiger partial charge is 0.484 e. The lowest BCUT2D eigenvalue weighted by atomic mass is 10.0. The third-order valence-electron chi connectivity index (χ3n) is 5.06. The van der Waals surface area contributed by atoms with Crippen LogP contribution in [0.15, 0.2) is 30.3 Å². The number of amides is 2. The summed E-state index contributed by atoms with van der Waals surface area (Å²) in [5.74, 6) is 2.37. The Balaban J connectivity index is 1.53. The van der Waals surface area contributed by atoms with Gasteiger partial charge in [0.05, 0.1) is 0 Å². The van der Waals surface area contributed by atoms with Gasteiger partial charge in [-0.1, -0.05) is 18.2 Å². The van der Waals surface area contributed by atoms with E-state index in [0.717, 1.165) is 31.9 Å². The van der Waals surface area contributed by atoms with Crippen molar-refractivity contribution < 1.29 is 14.3 Å². The Morgan fingerprint density at radius 3 is 2.62 bits per heavy atom. The van der Waals surface area contributed by atoms with Crippen LogP contribution in [0.25, 0.3) is 0 Å². The lowest BCUT2D eigenvalue weighted by molar-refractivity contribution is -0.136. The van der Waals surface area contributed by atoms with Crippen LogP contribution in [0.4, 0.5) is 0 Å². The van der Waals surface area contributed by atoms with E-state index in [2.05, 4.69) is 10.6 Å². The average molecular weight is 378 g/mol. The van der Waals surface area contributed by atoms with Gasteiger partial charge in [-0.05, 0) is 42.4 Å². The van der Waals surface area contributed by atoms with E-state index in [1.54, 1.807) is 23.9 Å². The van der Waals surface area contributed by atoms with Gasteiger partial charge in [0, 0.05) is 26.2 Å². The predicted octanol–water partition coefficient (Wildman–Crippen LogP) is 0.981. The van der Waals surface area contributed by atoms with Crippen molar-refractivity contribution in [2.45, 2.75) is 12.5 Å². The van der Waals surface area contributed by atoms with E-state index < -0.39 is 6.04 Å². The number of hydrogen-bond donors (Lipinski definition) is 2. The highest BCUT2D eigenvalue weighted by molar-refractivity contribution is 7.98. The molecule has 1 unspecified atom stereocenters. The summed E-state index contributed by atoms with van der Waals surface area (Å²) < 4.78 is 5.49. The number of rotatable bonds is 8. The topological polar surface area (TPSA) is 70.7 Å². The van der Waals surface area contributed by atoms with Crippen LogP contribution in [0.5, 0.6) is 5.75 Å². The summed E-state index contributed by atoms with van der Waals surface area (Å²) in [5, 5.41) is 6.26. The first kappa shape index (κ1) is 19.0. The van der Waals surface area contributed by atoms with Crippen LogP contribution in [0, 0.1) is 11.8 Å². The summed E-state index contributed by atoms with van der Waals surface area (Å²) in [6, 6.07) is 8.75. The molecule has 0 spiro atoms. The van der Waals surface area contributed by atoms with Crippen LogP contribution in [0.2, 0.25) is 0 Å². The molecule has 142 valence electrons. The van der Waals surface area contributed by atoms with Crippen molar-refractivity contribution in [2.75, 3.05) is 44.8 Å². The van der Waals surface area contributed by atoms with Gasteiger partial charge in [0.25, 0.3) is 5.91 Å². The number of fused-ring (bicyclic) bond motifs is 1. The second kappa shape index (κ2) is 9.28. The molecule has 2 amide bonds. The zero-order valence-corrected chi connectivity index (χ0v) is 16.0. The van der Waals surface area contributed by atoms with Crippen molar-refractivity contribution in [3.8, 4) is 5.75 Å². The number of ether oxygens (including phenoxy) is 1. The summed E-state index contributed by atoms with van der Waals surface area (Å²) in [5.41, 5.74) is 0. The summed E-state index contributed by atoms with van der Waals surface area (Å²) in [4.78, 5) is 27.1. The van der Waals surface area contributed by atoms with E-state index in [4.69, 9.17) is 4.74 Å². The van der Waals surface area contributed by atoms with Gasteiger partial charge >= 0.3 is 0 Å². The summed E-state index contributed by atoms with van der Waals surface area (Å²) in [6.45, 7) is 3.48. The third-order valence-corrected chi connectivity index (χ3v) is 5.70. The molecule has 0 radical (unpaired) electrons. The quantitative estimate of drug-likeness (QED) is 0.707. The van der Waals surface area contributed by atoms with Crippen LogP contribution in [-0.4, -0.2) is 67.6 Å². The standard InChI is InChI=1S/C19H27N3O3S/c1-26-8-7-17(19(24)22-11-14-9-20-10-15(14)12-22)21-18(23)13-25-16-5-3-2-4-6-16/h2-6,14-15,17,20H,7-13H2,1H3,(H,21,23)/t14-,15+,17?. The van der Waals surface area contributed by atoms with E-state index in [0.29, 0.717) is 24.0 Å². The van der Waals surface area contributed by atoms with Crippen molar-refractivity contribution in [1.82, 2.24) is 15.5 Å². The molecule has 2 saturated heterocycles. The molecule has 0 aromatic heterocycles. The molecule has 2 aliphatic rings. The van der Waals surface area contributed by atoms with Gasteiger partial charge in [0.15, 0.2) is 6.61 Å². The molecule has 7 heteroatoms. The molecule has 2 aliphatic heterocycles. The highest BCUT2D eigenvalue weighted by Gasteiger charge is 2.39. The summed E-state index contributed by atoms with van der Waals surface area (Å²) in [6.07, 6.45) is 2.65. The number of thioether (sulfide) groups is 1. The molecule has 2 N–H and O–H groups in total. The fourth-order valence-electron chi connectivity index (χ4n) is 3.65. The average Bonchev–Trinajstić information content (AvgIpc) is 3.26.